The van der Waals surface area contributed by atoms with Crippen molar-refractivity contribution in [1.82, 2.24) is 0 Å². The summed E-state index contributed by atoms with van der Waals surface area (Å²) in [5.74, 6) is -1.46. The maximum Gasteiger partial charge on any atom is 0.442 e. The SMILES string of the molecule is C[C@H](SC(F)(F)F)C(=O)O. The molecule has 0 fully saturated rings. The van der Waals surface area contributed by atoms with E-state index < -0.39 is 28.5 Å². The number of carboxylic acid groups (broad SMARTS) is 1. The summed E-state index contributed by atoms with van der Waals surface area (Å²) >= 11 is -0.535. The van der Waals surface area contributed by atoms with Gasteiger partial charge < -0.3 is 5.11 Å². The van der Waals surface area contributed by atoms with Crippen molar-refractivity contribution in [3.63, 3.8) is 0 Å². The summed E-state index contributed by atoms with van der Waals surface area (Å²) in [5, 5.41) is 6.59. The Morgan fingerprint density at radius 2 is 2.00 bits per heavy atom. The van der Waals surface area contributed by atoms with Crippen LogP contribution in [-0.2, 0) is 4.79 Å². The molecule has 6 heteroatoms. The van der Waals surface area contributed by atoms with Crippen LogP contribution in [0, 0.1) is 0 Å². The lowest BCUT2D eigenvalue weighted by Gasteiger charge is -2.07. The number of thioether (sulfide) groups is 1. The van der Waals surface area contributed by atoms with Gasteiger partial charge in [0, 0.05) is 0 Å². The fourth-order valence-electron chi connectivity index (χ4n) is 0.251. The van der Waals surface area contributed by atoms with Crippen molar-refractivity contribution >= 4 is 17.7 Å². The average Bonchev–Trinajstić information content (AvgIpc) is 1.60. The van der Waals surface area contributed by atoms with Crippen LogP contribution in [0.4, 0.5) is 13.2 Å². The molecule has 0 aliphatic carbocycles. The molecule has 10 heavy (non-hydrogen) atoms. The first-order valence-corrected chi connectivity index (χ1v) is 3.18. The van der Waals surface area contributed by atoms with Gasteiger partial charge in [0.05, 0.1) is 0 Å². The maximum atomic E-state index is 11.4. The zero-order valence-corrected chi connectivity index (χ0v) is 5.79. The predicted octanol–water partition coefficient (Wildman–Crippen LogP) is 1.71. The highest BCUT2D eigenvalue weighted by atomic mass is 32.2. The molecule has 0 aromatic heterocycles. The van der Waals surface area contributed by atoms with E-state index in [-0.39, 0.29) is 0 Å². The van der Waals surface area contributed by atoms with Crippen LogP contribution in [0.2, 0.25) is 0 Å². The lowest BCUT2D eigenvalue weighted by atomic mass is 10.5. The van der Waals surface area contributed by atoms with Gasteiger partial charge in [0.25, 0.3) is 0 Å². The van der Waals surface area contributed by atoms with Gasteiger partial charge in [0.15, 0.2) is 0 Å². The van der Waals surface area contributed by atoms with Gasteiger partial charge >= 0.3 is 11.5 Å². The summed E-state index contributed by atoms with van der Waals surface area (Å²) in [7, 11) is 0. The normalized spacial score (nSPS) is 14.8. The number of carboxylic acids is 1. The number of halogens is 3. The summed E-state index contributed by atoms with van der Waals surface area (Å²) in [6.07, 6.45) is 0. The van der Waals surface area contributed by atoms with E-state index in [0.717, 1.165) is 6.92 Å². The Bertz CT molecular complexity index is 133. The molecule has 0 bridgehead atoms. The molecule has 1 N–H and O–H groups in total. The van der Waals surface area contributed by atoms with E-state index in [0.29, 0.717) is 0 Å². The Hall–Kier alpha value is -0.390. The lowest BCUT2D eigenvalue weighted by Crippen LogP contribution is -2.17. The van der Waals surface area contributed by atoms with E-state index in [1.165, 1.54) is 0 Å². The molecule has 0 unspecified atom stereocenters. The third kappa shape index (κ3) is 4.49. The summed E-state index contributed by atoms with van der Waals surface area (Å²) in [4.78, 5) is 9.86. The Morgan fingerprint density at radius 1 is 1.60 bits per heavy atom. The number of alkyl halides is 3. The second-order valence-electron chi connectivity index (χ2n) is 1.54. The van der Waals surface area contributed by atoms with Crippen molar-refractivity contribution in [1.29, 1.82) is 0 Å². The van der Waals surface area contributed by atoms with Crippen LogP contribution in [0.25, 0.3) is 0 Å². The van der Waals surface area contributed by atoms with Crippen molar-refractivity contribution in [2.75, 3.05) is 0 Å². The minimum Gasteiger partial charge on any atom is -0.480 e. The van der Waals surface area contributed by atoms with Gasteiger partial charge in [-0.15, -0.1) is 0 Å². The van der Waals surface area contributed by atoms with E-state index in [9.17, 15) is 18.0 Å². The van der Waals surface area contributed by atoms with Crippen molar-refractivity contribution in [3.8, 4) is 0 Å². The Kier molecular flexibility index (Phi) is 3.01. The summed E-state index contributed by atoms with van der Waals surface area (Å²) in [6, 6.07) is 0. The van der Waals surface area contributed by atoms with Gasteiger partial charge in [-0.25, -0.2) is 0 Å². The molecular weight excluding hydrogens is 169 g/mol. The molecule has 60 valence electrons. The third-order valence-electron chi connectivity index (χ3n) is 0.658. The summed E-state index contributed by atoms with van der Waals surface area (Å²) in [6.45, 7) is 0.987. The van der Waals surface area contributed by atoms with Crippen LogP contribution in [0.15, 0.2) is 0 Å². The minimum atomic E-state index is -4.46. The summed E-state index contributed by atoms with van der Waals surface area (Å²) < 4.78 is 34.1. The third-order valence-corrected chi connectivity index (χ3v) is 1.48. The molecular formula is C4H5F3O2S. The zero-order chi connectivity index (χ0) is 8.36. The largest absolute Gasteiger partial charge is 0.480 e. The lowest BCUT2D eigenvalue weighted by molar-refractivity contribution is -0.136. The van der Waals surface area contributed by atoms with Gasteiger partial charge in [-0.1, -0.05) is 0 Å². The van der Waals surface area contributed by atoms with Gasteiger partial charge in [0.1, 0.15) is 5.25 Å². The highest BCUT2D eigenvalue weighted by Gasteiger charge is 2.33. The summed E-state index contributed by atoms with van der Waals surface area (Å²) in [5.41, 5.74) is -4.46. The molecule has 1 atom stereocenters. The molecule has 0 amide bonds. The molecule has 0 aromatic rings. The van der Waals surface area contributed by atoms with Gasteiger partial charge in [-0.3, -0.25) is 4.79 Å². The molecule has 0 saturated carbocycles. The monoisotopic (exact) mass is 174 g/mol. The molecule has 0 spiro atoms. The molecule has 0 aromatic carbocycles. The van der Waals surface area contributed by atoms with Crippen molar-refractivity contribution in [3.05, 3.63) is 0 Å². The second kappa shape index (κ2) is 3.14. The van der Waals surface area contributed by atoms with Gasteiger partial charge in [-0.2, -0.15) is 13.2 Å². The van der Waals surface area contributed by atoms with Crippen molar-refractivity contribution in [2.45, 2.75) is 17.7 Å². The Morgan fingerprint density at radius 3 is 2.10 bits per heavy atom. The van der Waals surface area contributed by atoms with E-state index in [2.05, 4.69) is 0 Å². The first kappa shape index (κ1) is 9.61. The first-order valence-electron chi connectivity index (χ1n) is 2.30. The minimum absolute atomic E-state index is 0.535. The topological polar surface area (TPSA) is 37.3 Å². The number of hydrogen-bond donors (Lipinski definition) is 1. The fourth-order valence-corrected chi connectivity index (χ4v) is 0.753. The maximum absolute atomic E-state index is 11.4. The molecule has 0 rings (SSSR count). The van der Waals surface area contributed by atoms with Gasteiger partial charge in [-0.05, 0) is 18.7 Å². The number of aliphatic carboxylic acids is 1. The number of rotatable bonds is 2. The van der Waals surface area contributed by atoms with E-state index in [4.69, 9.17) is 5.11 Å². The van der Waals surface area contributed by atoms with E-state index in [1.54, 1.807) is 0 Å². The highest BCUT2D eigenvalue weighted by Crippen LogP contribution is 2.33. The van der Waals surface area contributed by atoms with Crippen molar-refractivity contribution < 1.29 is 23.1 Å². The molecule has 0 saturated heterocycles. The smallest absolute Gasteiger partial charge is 0.442 e. The van der Waals surface area contributed by atoms with Crippen LogP contribution in [-0.4, -0.2) is 21.8 Å². The quantitative estimate of drug-likeness (QED) is 0.692. The van der Waals surface area contributed by atoms with Crippen LogP contribution < -0.4 is 0 Å². The molecule has 0 aliphatic heterocycles. The zero-order valence-electron chi connectivity index (χ0n) is 4.97. The average molecular weight is 174 g/mol. The molecule has 0 aliphatic rings. The van der Waals surface area contributed by atoms with Crippen LogP contribution in [0.5, 0.6) is 0 Å². The molecule has 0 heterocycles. The van der Waals surface area contributed by atoms with Gasteiger partial charge in [0.2, 0.25) is 0 Å². The van der Waals surface area contributed by atoms with Crippen LogP contribution >= 0.6 is 11.8 Å². The van der Waals surface area contributed by atoms with E-state index in [1.807, 2.05) is 0 Å². The molecule has 2 nitrogen and oxygen atoms in total. The van der Waals surface area contributed by atoms with Crippen LogP contribution in [0.3, 0.4) is 0 Å². The number of hydrogen-bond acceptors (Lipinski definition) is 2. The second-order valence-corrected chi connectivity index (χ2v) is 2.95. The Labute approximate surface area is 59.4 Å². The fraction of sp³-hybridized carbons (Fsp3) is 0.750. The standard InChI is InChI=1S/C4H5F3O2S/c1-2(3(8)9)10-4(5,6)7/h2H,1H3,(H,8,9)/t2-/m0/s1. The highest BCUT2D eigenvalue weighted by molar-refractivity contribution is 8.01. The number of carbonyl (C=O) groups is 1. The van der Waals surface area contributed by atoms with E-state index >= 15 is 0 Å². The van der Waals surface area contributed by atoms with Crippen LogP contribution in [0.1, 0.15) is 6.92 Å². The predicted molar refractivity (Wildman–Crippen MR) is 30.7 cm³/mol. The van der Waals surface area contributed by atoms with Crippen molar-refractivity contribution in [2.24, 2.45) is 0 Å². The first-order chi connectivity index (χ1) is 4.33. The molecule has 0 radical (unpaired) electrons. The Balaban J connectivity index is 3.80.